The number of rotatable bonds is 10. The van der Waals surface area contributed by atoms with Gasteiger partial charge in [0.1, 0.15) is 0 Å². The van der Waals surface area contributed by atoms with Crippen LogP contribution in [0.2, 0.25) is 0 Å². The molecule has 0 fully saturated rings. The molecule has 12 rings (SSSR count). The summed E-state index contributed by atoms with van der Waals surface area (Å²) >= 11 is 0. The van der Waals surface area contributed by atoms with Gasteiger partial charge in [-0.2, -0.15) is 0 Å². The Balaban J connectivity index is 1.14. The van der Waals surface area contributed by atoms with Crippen LogP contribution in [0.4, 0.5) is 0 Å². The summed E-state index contributed by atoms with van der Waals surface area (Å²) in [5, 5.41) is 7.65. The van der Waals surface area contributed by atoms with Gasteiger partial charge in [-0.25, -0.2) is 15.0 Å². The van der Waals surface area contributed by atoms with Crippen LogP contribution in [-0.4, -0.2) is 27.6 Å². The number of benzene rings is 10. The number of nitrogens with zero attached hydrogens (tertiary/aromatic N) is 4. The van der Waals surface area contributed by atoms with Gasteiger partial charge >= 0.3 is 0 Å². The van der Waals surface area contributed by atoms with Crippen LogP contribution in [0.25, 0.3) is 83.9 Å². The molecule has 0 saturated carbocycles. The Hall–Kier alpha value is -8.77. The number of hydrogen-bond acceptors (Lipinski definition) is 3. The minimum absolute atomic E-state index is 0.601. The second kappa shape index (κ2) is 18.0. The van der Waals surface area contributed by atoms with E-state index in [1.807, 2.05) is 36.4 Å². The van der Waals surface area contributed by atoms with E-state index in [1.54, 1.807) is 0 Å². The Bertz CT molecular complexity index is 3660. The van der Waals surface area contributed by atoms with Gasteiger partial charge in [0.15, 0.2) is 25.5 Å². The molecule has 0 N–H and O–H groups in total. The summed E-state index contributed by atoms with van der Waals surface area (Å²) in [6.45, 7) is 4.34. The first kappa shape index (κ1) is 42.6. The molecule has 332 valence electrons. The summed E-state index contributed by atoms with van der Waals surface area (Å²) in [6.07, 6.45) is 0. The van der Waals surface area contributed by atoms with Crippen molar-refractivity contribution in [3.63, 3.8) is 0 Å². The molecule has 70 heavy (non-hydrogen) atoms. The Morgan fingerprint density at radius 2 is 0.786 bits per heavy atom. The number of aromatic nitrogens is 4. The normalized spacial score (nSPS) is 11.6. The van der Waals surface area contributed by atoms with E-state index in [0.29, 0.717) is 17.5 Å². The number of para-hydroxylation sites is 1. The Kier molecular flexibility index (Phi) is 11.0. The summed E-state index contributed by atoms with van der Waals surface area (Å²) in [6, 6.07) is 92.4. The third-order valence-corrected chi connectivity index (χ3v) is 18.4. The number of fused-ring (bicyclic) bond motifs is 3. The molecule has 2 aromatic heterocycles. The minimum Gasteiger partial charge on any atom is -0.309 e. The highest BCUT2D eigenvalue weighted by molar-refractivity contribution is 7.19. The molecule has 0 radical (unpaired) electrons. The van der Waals surface area contributed by atoms with Gasteiger partial charge in [-0.15, -0.1) is 0 Å². The van der Waals surface area contributed by atoms with Crippen LogP contribution in [0.3, 0.4) is 0 Å². The second-order valence-corrected chi connectivity index (χ2v) is 22.0. The molecule has 12 aromatic rings. The topological polar surface area (TPSA) is 43.6 Å². The average Bonchev–Trinajstić information content (AvgIpc) is 3.76. The molecular formula is C65H48N4Si. The van der Waals surface area contributed by atoms with E-state index in [2.05, 4.69) is 237 Å². The fraction of sp³-hybridized carbons (Fsp3) is 0.0308. The van der Waals surface area contributed by atoms with Crippen LogP contribution >= 0.6 is 0 Å². The maximum absolute atomic E-state index is 5.39. The van der Waals surface area contributed by atoms with Crippen molar-refractivity contribution in [3.05, 3.63) is 266 Å². The standard InChI is InChI=1S/C65H48N4Si/c1-45-39-46(2)41-51(40-45)49-35-37-59-58-33-18-19-34-61(58)69(62(59)43-49)52-36-38-57(60(44-52)65-67-63(47-21-8-3-9-22-47)66-64(68-65)48-23-10-4-11-24-48)50-25-20-32-56(42-50)70(53-26-12-5-13-27-53,54-28-14-6-15-29-54)55-30-16-7-17-31-55/h3-44H,1-2H3. The van der Waals surface area contributed by atoms with E-state index in [1.165, 1.54) is 53.8 Å². The molecule has 0 aliphatic rings. The van der Waals surface area contributed by atoms with E-state index in [4.69, 9.17) is 15.0 Å². The van der Waals surface area contributed by atoms with Crippen LogP contribution in [0.1, 0.15) is 11.1 Å². The van der Waals surface area contributed by atoms with Crippen LogP contribution in [-0.2, 0) is 0 Å². The Morgan fingerprint density at radius 3 is 1.37 bits per heavy atom. The fourth-order valence-electron chi connectivity index (χ4n) is 10.6. The van der Waals surface area contributed by atoms with Crippen LogP contribution < -0.4 is 20.7 Å². The maximum Gasteiger partial charge on any atom is 0.179 e. The van der Waals surface area contributed by atoms with E-state index in [-0.39, 0.29) is 0 Å². The third-order valence-electron chi connectivity index (χ3n) is 13.7. The number of aryl methyl sites for hydroxylation is 2. The van der Waals surface area contributed by atoms with Gasteiger partial charge in [0.25, 0.3) is 0 Å². The lowest BCUT2D eigenvalue weighted by Gasteiger charge is -2.34. The van der Waals surface area contributed by atoms with Crippen molar-refractivity contribution in [3.8, 4) is 62.1 Å². The summed E-state index contributed by atoms with van der Waals surface area (Å²) < 4.78 is 2.41. The molecule has 4 nitrogen and oxygen atoms in total. The van der Waals surface area contributed by atoms with Crippen molar-refractivity contribution in [2.24, 2.45) is 0 Å². The van der Waals surface area contributed by atoms with Crippen LogP contribution in [0.5, 0.6) is 0 Å². The van der Waals surface area contributed by atoms with Gasteiger partial charge in [-0.05, 0) is 81.1 Å². The molecule has 0 amide bonds. The van der Waals surface area contributed by atoms with Crippen LogP contribution in [0, 0.1) is 13.8 Å². The van der Waals surface area contributed by atoms with Gasteiger partial charge in [0.05, 0.1) is 11.0 Å². The quantitative estimate of drug-likeness (QED) is 0.101. The lowest BCUT2D eigenvalue weighted by Crippen LogP contribution is -2.74. The van der Waals surface area contributed by atoms with E-state index >= 15 is 0 Å². The molecule has 10 aromatic carbocycles. The van der Waals surface area contributed by atoms with E-state index in [9.17, 15) is 0 Å². The van der Waals surface area contributed by atoms with Gasteiger partial charge < -0.3 is 4.57 Å². The first-order valence-electron chi connectivity index (χ1n) is 23.9. The van der Waals surface area contributed by atoms with Crippen molar-refractivity contribution < 1.29 is 0 Å². The highest BCUT2D eigenvalue weighted by Gasteiger charge is 2.41. The van der Waals surface area contributed by atoms with Crippen molar-refractivity contribution in [2.45, 2.75) is 13.8 Å². The zero-order valence-electron chi connectivity index (χ0n) is 39.0. The largest absolute Gasteiger partial charge is 0.309 e. The molecule has 0 unspecified atom stereocenters. The zero-order valence-corrected chi connectivity index (χ0v) is 40.0. The average molecular weight is 913 g/mol. The summed E-state index contributed by atoms with van der Waals surface area (Å²) in [5.41, 5.74) is 13.0. The lowest BCUT2D eigenvalue weighted by molar-refractivity contribution is 1.07. The summed E-state index contributed by atoms with van der Waals surface area (Å²) in [4.78, 5) is 15.9. The smallest absolute Gasteiger partial charge is 0.179 e. The van der Waals surface area contributed by atoms with Crippen LogP contribution in [0.15, 0.2) is 255 Å². The number of hydrogen-bond donors (Lipinski definition) is 0. The first-order chi connectivity index (χ1) is 34.5. The summed E-state index contributed by atoms with van der Waals surface area (Å²) in [7, 11) is -2.87. The molecule has 0 bridgehead atoms. The SMILES string of the molecule is Cc1cc(C)cc(-c2ccc3c4ccccc4n(-c4ccc(-c5cccc([Si](c6ccccc6)(c6ccccc6)c6ccccc6)c5)c(-c5nc(-c6ccccc6)nc(-c6ccccc6)n5)c4)c3c2)c1. The van der Waals surface area contributed by atoms with Gasteiger partial charge in [-0.1, -0.05) is 242 Å². The third kappa shape index (κ3) is 7.63. The molecule has 0 atom stereocenters. The molecule has 0 aliphatic carbocycles. The second-order valence-electron chi connectivity index (χ2n) is 18.2. The van der Waals surface area contributed by atoms with E-state index in [0.717, 1.165) is 44.5 Å². The lowest BCUT2D eigenvalue weighted by atomic mass is 9.98. The van der Waals surface area contributed by atoms with Crippen molar-refractivity contribution in [1.82, 2.24) is 19.5 Å². The molecule has 2 heterocycles. The van der Waals surface area contributed by atoms with Gasteiger partial charge in [0, 0.05) is 33.2 Å². The Labute approximate surface area is 409 Å². The maximum atomic E-state index is 5.39. The van der Waals surface area contributed by atoms with Crippen molar-refractivity contribution >= 4 is 50.6 Å². The van der Waals surface area contributed by atoms with Gasteiger partial charge in [-0.3, -0.25) is 0 Å². The minimum atomic E-state index is -2.87. The summed E-state index contributed by atoms with van der Waals surface area (Å²) in [5.74, 6) is 1.84. The molecular weight excluding hydrogens is 865 g/mol. The Morgan fingerprint density at radius 1 is 0.300 bits per heavy atom. The van der Waals surface area contributed by atoms with Crippen molar-refractivity contribution in [2.75, 3.05) is 0 Å². The highest BCUT2D eigenvalue weighted by Crippen LogP contribution is 2.39. The van der Waals surface area contributed by atoms with Gasteiger partial charge in [0.2, 0.25) is 0 Å². The highest BCUT2D eigenvalue weighted by atomic mass is 28.3. The molecule has 0 aliphatic heterocycles. The molecule has 0 saturated heterocycles. The zero-order chi connectivity index (χ0) is 47.0. The first-order valence-corrected chi connectivity index (χ1v) is 25.9. The van der Waals surface area contributed by atoms with Crippen molar-refractivity contribution in [1.29, 1.82) is 0 Å². The molecule has 0 spiro atoms. The fourth-order valence-corrected chi connectivity index (χ4v) is 15.4. The van der Waals surface area contributed by atoms with E-state index < -0.39 is 8.07 Å². The molecule has 5 heteroatoms. The predicted molar refractivity (Wildman–Crippen MR) is 294 cm³/mol. The monoisotopic (exact) mass is 912 g/mol. The predicted octanol–water partition coefficient (Wildman–Crippen LogP) is 13.3.